The minimum atomic E-state index is -0.525. The number of furan rings is 1. The van der Waals surface area contributed by atoms with Gasteiger partial charge in [0, 0.05) is 11.3 Å². The summed E-state index contributed by atoms with van der Waals surface area (Å²) in [5.41, 5.74) is 6.09. The molecule has 2 amide bonds. The van der Waals surface area contributed by atoms with Crippen LogP contribution in [0.1, 0.15) is 10.4 Å². The van der Waals surface area contributed by atoms with Crippen molar-refractivity contribution in [1.29, 1.82) is 0 Å². The van der Waals surface area contributed by atoms with E-state index in [1.54, 1.807) is 24.3 Å². The van der Waals surface area contributed by atoms with Gasteiger partial charge in [0.1, 0.15) is 0 Å². The second-order valence-corrected chi connectivity index (χ2v) is 5.87. The van der Waals surface area contributed by atoms with Crippen LogP contribution in [0, 0.1) is 0 Å². The van der Waals surface area contributed by atoms with E-state index >= 15 is 0 Å². The van der Waals surface area contributed by atoms with Crippen molar-refractivity contribution in [2.45, 2.75) is 5.16 Å². The Bertz CT molecular complexity index is 889. The quantitative estimate of drug-likeness (QED) is 0.442. The summed E-state index contributed by atoms with van der Waals surface area (Å²) in [5.74, 6) is 6.08. The van der Waals surface area contributed by atoms with Gasteiger partial charge in [0.15, 0.2) is 5.76 Å². The largest absolute Gasteiger partial charge is 0.461 e. The molecule has 2 heterocycles. The molecule has 0 aliphatic heterocycles. The normalized spacial score (nSPS) is 10.6. The molecule has 0 aliphatic rings. The smallest absolute Gasteiger partial charge is 0.248 e. The summed E-state index contributed by atoms with van der Waals surface area (Å²) in [7, 11) is 0. The Balaban J connectivity index is 1.58. The topological polar surface area (TPSA) is 142 Å². The molecule has 0 radical (unpaired) electrons. The molecule has 5 N–H and O–H groups in total. The first-order valence-corrected chi connectivity index (χ1v) is 8.10. The molecule has 0 saturated carbocycles. The number of amides is 2. The predicted octanol–water partition coefficient (Wildman–Crippen LogP) is 1.08. The Labute approximate surface area is 146 Å². The minimum Gasteiger partial charge on any atom is -0.461 e. The number of hydrogen-bond donors (Lipinski definition) is 3. The van der Waals surface area contributed by atoms with Crippen molar-refractivity contribution in [2.24, 2.45) is 5.73 Å². The molecule has 128 valence electrons. The van der Waals surface area contributed by atoms with Crippen LogP contribution >= 0.6 is 11.8 Å². The molecule has 3 rings (SSSR count). The zero-order valence-corrected chi connectivity index (χ0v) is 13.7. The predicted molar refractivity (Wildman–Crippen MR) is 92.2 cm³/mol. The fraction of sp³-hybridized carbons (Fsp3) is 0.0667. The van der Waals surface area contributed by atoms with E-state index in [0.717, 1.165) is 11.8 Å². The number of nitrogens with zero attached hydrogens (tertiary/aromatic N) is 3. The summed E-state index contributed by atoms with van der Waals surface area (Å²) in [6.07, 6.45) is 1.51. The van der Waals surface area contributed by atoms with Crippen LogP contribution < -0.4 is 16.9 Å². The molecule has 1 aromatic carbocycles. The van der Waals surface area contributed by atoms with E-state index in [0.29, 0.717) is 28.0 Å². The van der Waals surface area contributed by atoms with Gasteiger partial charge in [-0.1, -0.05) is 11.8 Å². The Morgan fingerprint density at radius 1 is 1.20 bits per heavy atom. The Morgan fingerprint density at radius 2 is 1.96 bits per heavy atom. The lowest BCUT2D eigenvalue weighted by molar-refractivity contribution is -0.113. The average molecular weight is 358 g/mol. The molecule has 2 aromatic heterocycles. The zero-order chi connectivity index (χ0) is 17.8. The summed E-state index contributed by atoms with van der Waals surface area (Å²) in [4.78, 5) is 23.0. The highest BCUT2D eigenvalue weighted by atomic mass is 32.2. The van der Waals surface area contributed by atoms with E-state index in [2.05, 4.69) is 15.5 Å². The molecule has 9 nitrogen and oxygen atoms in total. The summed E-state index contributed by atoms with van der Waals surface area (Å²) < 4.78 is 6.48. The second kappa shape index (κ2) is 7.09. The maximum Gasteiger partial charge on any atom is 0.248 e. The highest BCUT2D eigenvalue weighted by Gasteiger charge is 2.15. The molecule has 0 aliphatic carbocycles. The van der Waals surface area contributed by atoms with Crippen LogP contribution in [0.3, 0.4) is 0 Å². The minimum absolute atomic E-state index is 0.0884. The number of benzene rings is 1. The van der Waals surface area contributed by atoms with Gasteiger partial charge in [-0.05, 0) is 36.4 Å². The number of aromatic nitrogens is 3. The Morgan fingerprint density at radius 3 is 2.60 bits per heavy atom. The van der Waals surface area contributed by atoms with Crippen molar-refractivity contribution < 1.29 is 14.0 Å². The lowest BCUT2D eigenvalue weighted by atomic mass is 10.2. The number of carbonyl (C=O) groups is 2. The van der Waals surface area contributed by atoms with Gasteiger partial charge in [-0.25, -0.2) is 4.68 Å². The van der Waals surface area contributed by atoms with E-state index < -0.39 is 5.91 Å². The van der Waals surface area contributed by atoms with Crippen molar-refractivity contribution >= 4 is 29.3 Å². The highest BCUT2D eigenvalue weighted by Crippen LogP contribution is 2.22. The van der Waals surface area contributed by atoms with Gasteiger partial charge in [-0.3, -0.25) is 9.59 Å². The Hall–Kier alpha value is -3.27. The number of hydrogen-bond acceptors (Lipinski definition) is 7. The first kappa shape index (κ1) is 16.6. The second-order valence-electron chi connectivity index (χ2n) is 4.93. The third-order valence-corrected chi connectivity index (χ3v) is 4.13. The number of nitrogen functional groups attached to an aromatic ring is 1. The monoisotopic (exact) mass is 358 g/mol. The molecule has 3 aromatic rings. The van der Waals surface area contributed by atoms with Crippen LogP contribution in [-0.4, -0.2) is 32.4 Å². The lowest BCUT2D eigenvalue weighted by Crippen LogP contribution is -2.16. The van der Waals surface area contributed by atoms with Crippen molar-refractivity contribution in [3.8, 4) is 11.6 Å². The van der Waals surface area contributed by atoms with Gasteiger partial charge in [-0.15, -0.1) is 10.2 Å². The molecule has 25 heavy (non-hydrogen) atoms. The fourth-order valence-electron chi connectivity index (χ4n) is 1.99. The molecule has 0 atom stereocenters. The molecule has 0 fully saturated rings. The number of primary amides is 1. The number of carbonyl (C=O) groups excluding carboxylic acids is 2. The molecule has 0 unspecified atom stereocenters. The summed E-state index contributed by atoms with van der Waals surface area (Å²) in [5, 5.41) is 11.0. The molecular formula is C15H14N6O3S. The van der Waals surface area contributed by atoms with Crippen molar-refractivity contribution in [2.75, 3.05) is 16.9 Å². The van der Waals surface area contributed by atoms with E-state index in [-0.39, 0.29) is 11.7 Å². The zero-order valence-electron chi connectivity index (χ0n) is 12.9. The standard InChI is InChI=1S/C15H14N6O3S/c16-13(23)9-3-5-10(6-4-9)18-12(22)8-25-15-20-19-14(21(15)17)11-2-1-7-24-11/h1-7H,8,17H2,(H2,16,23)(H,18,22). The van der Waals surface area contributed by atoms with Gasteiger partial charge >= 0.3 is 0 Å². The first-order chi connectivity index (χ1) is 12.0. The lowest BCUT2D eigenvalue weighted by Gasteiger charge is -2.05. The third kappa shape index (κ3) is 3.80. The number of nitrogens with one attached hydrogen (secondary N) is 1. The van der Waals surface area contributed by atoms with E-state index in [1.807, 2.05) is 0 Å². The van der Waals surface area contributed by atoms with Crippen molar-refractivity contribution in [3.63, 3.8) is 0 Å². The molecule has 0 bridgehead atoms. The van der Waals surface area contributed by atoms with E-state index in [9.17, 15) is 9.59 Å². The molecule has 0 spiro atoms. The summed E-state index contributed by atoms with van der Waals surface area (Å²) >= 11 is 1.14. The van der Waals surface area contributed by atoms with Gasteiger partial charge in [0.2, 0.25) is 22.8 Å². The van der Waals surface area contributed by atoms with Gasteiger partial charge < -0.3 is 21.3 Å². The maximum atomic E-state index is 12.0. The first-order valence-electron chi connectivity index (χ1n) is 7.11. The van der Waals surface area contributed by atoms with Crippen molar-refractivity contribution in [1.82, 2.24) is 14.9 Å². The van der Waals surface area contributed by atoms with Crippen LogP contribution in [0.15, 0.2) is 52.2 Å². The molecule has 0 saturated heterocycles. The number of thioether (sulfide) groups is 1. The van der Waals surface area contributed by atoms with Crippen LogP contribution in [0.25, 0.3) is 11.6 Å². The molecular weight excluding hydrogens is 344 g/mol. The van der Waals surface area contributed by atoms with Gasteiger partial charge in [0.05, 0.1) is 12.0 Å². The van der Waals surface area contributed by atoms with Crippen LogP contribution in [-0.2, 0) is 4.79 Å². The van der Waals surface area contributed by atoms with Gasteiger partial charge in [-0.2, -0.15) is 0 Å². The molecule has 10 heteroatoms. The van der Waals surface area contributed by atoms with E-state index in [1.165, 1.54) is 23.1 Å². The highest BCUT2D eigenvalue weighted by molar-refractivity contribution is 7.99. The van der Waals surface area contributed by atoms with Crippen molar-refractivity contribution in [3.05, 3.63) is 48.2 Å². The van der Waals surface area contributed by atoms with Crippen LogP contribution in [0.5, 0.6) is 0 Å². The van der Waals surface area contributed by atoms with Crippen LogP contribution in [0.4, 0.5) is 5.69 Å². The number of anilines is 1. The average Bonchev–Trinajstić information content (AvgIpc) is 3.23. The maximum absolute atomic E-state index is 12.0. The SMILES string of the molecule is NC(=O)c1ccc(NC(=O)CSc2nnc(-c3ccco3)n2N)cc1. The van der Waals surface area contributed by atoms with Crippen LogP contribution in [0.2, 0.25) is 0 Å². The number of nitrogens with two attached hydrogens (primary N) is 2. The fourth-order valence-corrected chi connectivity index (χ4v) is 2.65. The number of rotatable bonds is 6. The summed E-state index contributed by atoms with van der Waals surface area (Å²) in [6.45, 7) is 0. The van der Waals surface area contributed by atoms with E-state index in [4.69, 9.17) is 16.0 Å². The Kier molecular flexibility index (Phi) is 4.70. The van der Waals surface area contributed by atoms with Gasteiger partial charge in [0.25, 0.3) is 0 Å². The summed E-state index contributed by atoms with van der Waals surface area (Å²) in [6, 6.07) is 9.71. The third-order valence-electron chi connectivity index (χ3n) is 3.19.